The lowest BCUT2D eigenvalue weighted by molar-refractivity contribution is -0.384. The van der Waals surface area contributed by atoms with Gasteiger partial charge < -0.3 is 34.5 Å². The smallest absolute Gasteiger partial charge is 0.280 e. The Balaban J connectivity index is 0.000000220. The predicted molar refractivity (Wildman–Crippen MR) is 404 cm³/mol. The van der Waals surface area contributed by atoms with Crippen LogP contribution in [0.5, 0.6) is 40.4 Å². The van der Waals surface area contributed by atoms with E-state index in [1.165, 1.54) is 62.4 Å². The first-order chi connectivity index (χ1) is 49.3. The number of phenolic OH excluding ortho intramolecular Hbond substituents is 2. The number of hydrogen-bond acceptors (Lipinski definition) is 18. The van der Waals surface area contributed by atoms with Gasteiger partial charge in [-0.15, -0.1) is 5.10 Å². The Morgan fingerprint density at radius 2 is 1.37 bits per heavy atom. The Bertz CT molecular complexity index is 4610. The molecule has 1 aliphatic rings. The first-order valence-electron chi connectivity index (χ1n) is 32.8. The molecule has 0 saturated carbocycles. The summed E-state index contributed by atoms with van der Waals surface area (Å²) in [5, 5.41) is 64.4. The molecule has 1 amide bonds. The number of aromatic nitrogens is 6. The van der Waals surface area contributed by atoms with Gasteiger partial charge in [0.1, 0.15) is 40.2 Å². The van der Waals surface area contributed by atoms with Crippen molar-refractivity contribution < 1.29 is 38.9 Å². The average Bonchev–Trinajstić information content (AvgIpc) is 1.54. The van der Waals surface area contributed by atoms with E-state index in [1.54, 1.807) is 89.3 Å². The molecule has 102 heavy (non-hydrogen) atoms. The number of thioether (sulfide) groups is 1. The minimum Gasteiger partial charge on any atom is -0.508 e. The Morgan fingerprint density at radius 3 is 2.07 bits per heavy atom. The third-order valence-electron chi connectivity index (χ3n) is 16.4. The van der Waals surface area contributed by atoms with Gasteiger partial charge >= 0.3 is 0 Å². The summed E-state index contributed by atoms with van der Waals surface area (Å²) in [5.41, 5.74) is 9.99. The van der Waals surface area contributed by atoms with Gasteiger partial charge in [-0.05, 0) is 152 Å². The molecule has 22 nitrogen and oxygen atoms in total. The van der Waals surface area contributed by atoms with Gasteiger partial charge in [-0.1, -0.05) is 176 Å². The average molecular weight is 1520 g/mol. The van der Waals surface area contributed by atoms with Crippen LogP contribution in [0.3, 0.4) is 0 Å². The number of fused-ring (bicyclic) bond motifs is 1. The second kappa shape index (κ2) is 36.2. The summed E-state index contributed by atoms with van der Waals surface area (Å²) >= 11 is 39.6. The molecule has 4 N–H and O–H groups in total. The van der Waals surface area contributed by atoms with Crippen LogP contribution in [0.15, 0.2) is 160 Å². The minimum absolute atomic E-state index is 0.0229. The molecule has 1 aliphatic heterocycles. The van der Waals surface area contributed by atoms with Gasteiger partial charge in [-0.25, -0.2) is 14.7 Å². The Hall–Kier alpha value is -9.07. The van der Waals surface area contributed by atoms with E-state index in [-0.39, 0.29) is 60.6 Å². The summed E-state index contributed by atoms with van der Waals surface area (Å²) in [6.45, 7) is 9.08. The van der Waals surface area contributed by atoms with E-state index >= 15 is 0 Å². The fourth-order valence-corrected chi connectivity index (χ4v) is 13.3. The number of benzene rings is 8. The number of amidine groups is 1. The third-order valence-corrected chi connectivity index (χ3v) is 20.0. The first-order valence-corrected chi connectivity index (χ1v) is 36.1. The molecule has 0 spiro atoms. The van der Waals surface area contributed by atoms with Crippen LogP contribution in [0.2, 0.25) is 30.1 Å². The van der Waals surface area contributed by atoms with Crippen molar-refractivity contribution in [3.05, 3.63) is 208 Å². The van der Waals surface area contributed by atoms with Crippen LogP contribution in [0, 0.1) is 30.9 Å². The summed E-state index contributed by atoms with van der Waals surface area (Å²) < 4.78 is 27.2. The number of aryl methyl sites for hydroxylation is 4. The monoisotopic (exact) mass is 1520 g/mol. The number of hydrogen-bond donors (Lipinski definition) is 4. The quantitative estimate of drug-likeness (QED) is 0.00598. The Morgan fingerprint density at radius 1 is 0.706 bits per heavy atom. The fourth-order valence-electron chi connectivity index (χ4n) is 10.9. The standard InChI is InChI=1S/C39H43N7O5S.C34H30Cl6N6O4/c1-3-4-5-6-7-8-9-10-11-16-35-34(26-52-39-40-42-43-45(39)29-21-23-31(47)24-22-29)38(44(41-35)28-17-19-30(20-18-28)46(49)50)51-36-25-27(2)37(48)33-15-13-12-14-32(33)36;1-18-5-6-19(2)24(15-18)49-14-4-13-41-21-9-12-23(35)25(16-21)50-17-42-33-31(44-43-20-7-10-22(48-3)11-8-20)34(47)46(45-33)32-29(39)27(37)26(36)28(38)30(32)40/h12-15,17-25,47-48H,3-11,16,26H2,1-2H3;5-12,15-16,31,41H,4,13-14,17H2,1-3H3,(H,42,45). The van der Waals surface area contributed by atoms with Gasteiger partial charge in [0.2, 0.25) is 17.1 Å². The Kier molecular flexibility index (Phi) is 26.8. The lowest BCUT2D eigenvalue weighted by Gasteiger charge is -2.21. The van der Waals surface area contributed by atoms with Crippen LogP contribution in [0.1, 0.15) is 99.1 Å². The molecule has 29 heteroatoms. The fraction of sp³-hybridized carbons (Fsp3) is 0.288. The molecule has 8 aromatic carbocycles. The lowest BCUT2D eigenvalue weighted by Crippen LogP contribution is -2.36. The number of amides is 1. The number of aromatic hydroxyl groups is 2. The highest BCUT2D eigenvalue weighted by Gasteiger charge is 2.42. The normalized spacial score (nSPS) is 13.2. The number of nitro benzene ring substituents is 1. The van der Waals surface area contributed by atoms with E-state index in [2.05, 4.69) is 54.5 Å². The lowest BCUT2D eigenvalue weighted by atomic mass is 10.0. The number of methoxy groups -OCH3 is 1. The van der Waals surface area contributed by atoms with Crippen LogP contribution < -0.4 is 34.7 Å². The van der Waals surface area contributed by atoms with Crippen molar-refractivity contribution in [3.63, 3.8) is 0 Å². The van der Waals surface area contributed by atoms with E-state index < -0.39 is 16.9 Å². The number of carbonyl (C=O) groups excluding carboxylic acids is 1. The number of halogens is 6. The molecule has 3 heterocycles. The van der Waals surface area contributed by atoms with Gasteiger partial charge in [-0.2, -0.15) is 20.0 Å². The van der Waals surface area contributed by atoms with E-state index in [4.69, 9.17) is 93.7 Å². The maximum Gasteiger partial charge on any atom is 0.280 e. The topological polar surface area (TPSA) is 263 Å². The molecule has 11 rings (SSSR count). The van der Waals surface area contributed by atoms with E-state index in [1.807, 2.05) is 69.3 Å². The number of nitro groups is 1. The van der Waals surface area contributed by atoms with Crippen molar-refractivity contribution in [1.29, 1.82) is 0 Å². The number of unbranched alkanes of at least 4 members (excludes halogenated alkanes) is 8. The van der Waals surface area contributed by atoms with Crippen molar-refractivity contribution >= 4 is 127 Å². The molecule has 0 aliphatic carbocycles. The summed E-state index contributed by atoms with van der Waals surface area (Å²) in [7, 11) is 1.55. The molecule has 2 aromatic heterocycles. The minimum atomic E-state index is -1.24. The number of azo groups is 1. The zero-order valence-corrected chi connectivity index (χ0v) is 61.7. The SMILES string of the molecule is CCCCCCCCCCCc1nn(-c2ccc([N+](=O)[O-])cc2)c(Oc2cc(C)c(O)c3ccccc23)c1CSc1nnnn1-c1ccc(O)cc1.COc1ccc(N=NC2C(=O)N(c3c(Cl)c(Cl)c(Cl)c(Cl)c3Cl)NC2=NCOc2cc(NCCCOc3cc(C)ccc3C)ccc2Cl)cc1. The number of aliphatic imine (C=N–C) groups is 1. The number of phenols is 2. The molecule has 1 fully saturated rings. The molecular weight excluding hydrogens is 1450 g/mol. The molecule has 532 valence electrons. The van der Waals surface area contributed by atoms with Crippen molar-refractivity contribution in [2.75, 3.05) is 37.3 Å². The van der Waals surface area contributed by atoms with Crippen LogP contribution in [0.4, 0.5) is 22.7 Å². The summed E-state index contributed by atoms with van der Waals surface area (Å²) in [6.07, 6.45) is 12.2. The van der Waals surface area contributed by atoms with Crippen molar-refractivity contribution in [1.82, 2.24) is 35.4 Å². The number of carbonyl (C=O) groups is 1. The number of nitrogens with zero attached hydrogens (tertiary/aromatic N) is 11. The Labute approximate surface area is 624 Å². The molecule has 0 bridgehead atoms. The van der Waals surface area contributed by atoms with Crippen LogP contribution in [-0.2, 0) is 17.0 Å². The van der Waals surface area contributed by atoms with Gasteiger partial charge in [0, 0.05) is 52.5 Å². The molecule has 1 saturated heterocycles. The zero-order valence-electron chi connectivity index (χ0n) is 56.3. The number of hydrazine groups is 1. The highest BCUT2D eigenvalue weighted by molar-refractivity contribution is 7.98. The predicted octanol–water partition coefficient (Wildman–Crippen LogP) is 20.3. The van der Waals surface area contributed by atoms with Gasteiger partial charge in [0.15, 0.2) is 12.6 Å². The van der Waals surface area contributed by atoms with Crippen molar-refractivity contribution in [2.24, 2.45) is 15.2 Å². The molecule has 10 aromatic rings. The van der Waals surface area contributed by atoms with Gasteiger partial charge in [0.05, 0.1) is 71.5 Å². The number of non-ortho nitro benzene ring substituents is 1. The highest BCUT2D eigenvalue weighted by Crippen LogP contribution is 2.49. The highest BCUT2D eigenvalue weighted by atomic mass is 35.5. The summed E-state index contributed by atoms with van der Waals surface area (Å²) in [4.78, 5) is 29.3. The number of anilines is 2. The van der Waals surface area contributed by atoms with Crippen LogP contribution >= 0.6 is 81.4 Å². The summed E-state index contributed by atoms with van der Waals surface area (Å²) in [5.74, 6) is 3.09. The largest absolute Gasteiger partial charge is 0.508 e. The van der Waals surface area contributed by atoms with Gasteiger partial charge in [0.25, 0.3) is 11.6 Å². The molecular formula is C73H73Cl6N13O9S. The number of rotatable bonds is 31. The molecule has 0 radical (unpaired) electrons. The zero-order chi connectivity index (χ0) is 72.4. The van der Waals surface area contributed by atoms with E-state index in [0.29, 0.717) is 86.6 Å². The maximum atomic E-state index is 13.7. The van der Waals surface area contributed by atoms with E-state index in [0.717, 1.165) is 69.9 Å². The van der Waals surface area contributed by atoms with Crippen molar-refractivity contribution in [3.8, 4) is 51.8 Å². The van der Waals surface area contributed by atoms with Crippen LogP contribution in [-0.4, -0.2) is 89.9 Å². The number of ether oxygens (including phenoxy) is 4. The first kappa shape index (κ1) is 75.6. The second-order valence-corrected chi connectivity index (χ2v) is 27.0. The third kappa shape index (κ3) is 19.0. The second-order valence-electron chi connectivity index (χ2n) is 23.7. The van der Waals surface area contributed by atoms with Gasteiger partial charge in [-0.3, -0.25) is 20.3 Å². The molecule has 1 atom stereocenters. The van der Waals surface area contributed by atoms with Crippen LogP contribution in [0.25, 0.3) is 22.1 Å². The number of tetrazole rings is 1. The van der Waals surface area contributed by atoms with E-state index in [9.17, 15) is 25.1 Å². The maximum absolute atomic E-state index is 13.7. The molecule has 1 unspecified atom stereocenters. The number of nitrogens with one attached hydrogen (secondary N) is 2. The van der Waals surface area contributed by atoms with Crippen molar-refractivity contribution in [2.45, 2.75) is 115 Å². The summed E-state index contributed by atoms with van der Waals surface area (Å²) in [6, 6.07) is 39.2.